The van der Waals surface area contributed by atoms with E-state index in [0.29, 0.717) is 18.7 Å². The molecule has 0 atom stereocenters. The Labute approximate surface area is 168 Å². The minimum absolute atomic E-state index is 0.0242. The number of carbonyl (C=O) groups is 1. The fourth-order valence-corrected chi connectivity index (χ4v) is 4.02. The molecule has 0 saturated carbocycles. The van der Waals surface area contributed by atoms with Gasteiger partial charge in [-0.1, -0.05) is 6.07 Å². The number of hydrogen-bond acceptors (Lipinski definition) is 7. The largest absolute Gasteiger partial charge is 0.352 e. The normalized spacial score (nSPS) is 16.6. The summed E-state index contributed by atoms with van der Waals surface area (Å²) in [5.74, 6) is 0.953. The predicted octanol–water partition coefficient (Wildman–Crippen LogP) is 1.29. The first-order chi connectivity index (χ1) is 14.3. The van der Waals surface area contributed by atoms with Gasteiger partial charge in [0.15, 0.2) is 5.82 Å². The van der Waals surface area contributed by atoms with Crippen LogP contribution >= 0.6 is 0 Å². The van der Waals surface area contributed by atoms with Crippen LogP contribution in [0.5, 0.6) is 0 Å². The van der Waals surface area contributed by atoms with Crippen molar-refractivity contribution in [3.63, 3.8) is 0 Å². The van der Waals surface area contributed by atoms with Gasteiger partial charge in [0.25, 0.3) is 5.91 Å². The van der Waals surface area contributed by atoms with Crippen LogP contribution in [-0.4, -0.2) is 67.4 Å². The zero-order valence-corrected chi connectivity index (χ0v) is 16.1. The number of piperazine rings is 1. The molecule has 1 fully saturated rings. The number of benzene rings is 1. The third-order valence-electron chi connectivity index (χ3n) is 5.65. The molecule has 1 aromatic carbocycles. The van der Waals surface area contributed by atoms with Crippen molar-refractivity contribution < 1.29 is 4.79 Å². The molecule has 0 radical (unpaired) electrons. The van der Waals surface area contributed by atoms with Crippen LogP contribution in [0, 0.1) is 0 Å². The summed E-state index contributed by atoms with van der Waals surface area (Å²) in [6.45, 7) is 2.83. The van der Waals surface area contributed by atoms with Gasteiger partial charge in [0, 0.05) is 31.7 Å². The van der Waals surface area contributed by atoms with Gasteiger partial charge in [-0.2, -0.15) is 5.10 Å². The van der Waals surface area contributed by atoms with Crippen LogP contribution in [0.15, 0.2) is 36.7 Å². The van der Waals surface area contributed by atoms with Crippen LogP contribution in [0.4, 0.5) is 5.82 Å². The third-order valence-corrected chi connectivity index (χ3v) is 5.65. The lowest BCUT2D eigenvalue weighted by atomic mass is 9.97. The highest BCUT2D eigenvalue weighted by atomic mass is 16.2. The van der Waals surface area contributed by atoms with E-state index in [1.54, 1.807) is 4.68 Å². The molecule has 0 unspecified atom stereocenters. The fraction of sp³-hybridized carbons (Fsp3) is 0.400. The SMILES string of the molecule is O=C(c1cccc(-n2cnnn2)c1)N1CCN(c2cc3c(nn2)CCCC3)CC1. The van der Waals surface area contributed by atoms with Crippen molar-refractivity contribution in [2.75, 3.05) is 31.1 Å². The summed E-state index contributed by atoms with van der Waals surface area (Å²) in [7, 11) is 0. The molecule has 2 aliphatic rings. The Kier molecular flexibility index (Phi) is 4.63. The Balaban J connectivity index is 1.26. The minimum Gasteiger partial charge on any atom is -0.352 e. The highest BCUT2D eigenvalue weighted by molar-refractivity contribution is 5.95. The van der Waals surface area contributed by atoms with Crippen molar-refractivity contribution >= 4 is 11.7 Å². The zero-order valence-electron chi connectivity index (χ0n) is 16.1. The topological polar surface area (TPSA) is 92.9 Å². The number of carbonyl (C=O) groups excluding carboxylic acids is 1. The molecule has 0 bridgehead atoms. The summed E-state index contributed by atoms with van der Waals surface area (Å²) >= 11 is 0. The molecule has 3 heterocycles. The number of aryl methyl sites for hydroxylation is 2. The number of tetrazole rings is 1. The average molecular weight is 390 g/mol. The Morgan fingerprint density at radius 2 is 1.83 bits per heavy atom. The first-order valence-corrected chi connectivity index (χ1v) is 10.0. The van der Waals surface area contributed by atoms with Crippen LogP contribution in [0.3, 0.4) is 0 Å². The summed E-state index contributed by atoms with van der Waals surface area (Å²) in [6.07, 6.45) is 6.07. The second-order valence-corrected chi connectivity index (χ2v) is 7.47. The van der Waals surface area contributed by atoms with Crippen LogP contribution in [0.1, 0.15) is 34.5 Å². The lowest BCUT2D eigenvalue weighted by molar-refractivity contribution is 0.0746. The molecule has 9 heteroatoms. The van der Waals surface area contributed by atoms with E-state index >= 15 is 0 Å². The van der Waals surface area contributed by atoms with E-state index in [0.717, 1.165) is 43.1 Å². The highest BCUT2D eigenvalue weighted by Gasteiger charge is 2.24. The van der Waals surface area contributed by atoms with E-state index in [-0.39, 0.29) is 5.91 Å². The molecule has 1 aliphatic carbocycles. The first-order valence-electron chi connectivity index (χ1n) is 10.0. The smallest absolute Gasteiger partial charge is 0.254 e. The van der Waals surface area contributed by atoms with Gasteiger partial charge in [-0.3, -0.25) is 4.79 Å². The molecule has 9 nitrogen and oxygen atoms in total. The van der Waals surface area contributed by atoms with E-state index in [4.69, 9.17) is 0 Å². The number of anilines is 1. The van der Waals surface area contributed by atoms with Gasteiger partial charge in [-0.15, -0.1) is 10.2 Å². The molecule has 0 N–H and O–H groups in total. The fourth-order valence-electron chi connectivity index (χ4n) is 4.02. The molecular weight excluding hydrogens is 368 g/mol. The Bertz CT molecular complexity index is 1010. The molecule has 29 heavy (non-hydrogen) atoms. The first kappa shape index (κ1) is 17.7. The van der Waals surface area contributed by atoms with Gasteiger partial charge >= 0.3 is 0 Å². The second-order valence-electron chi connectivity index (χ2n) is 7.47. The Morgan fingerprint density at radius 3 is 2.66 bits per heavy atom. The summed E-state index contributed by atoms with van der Waals surface area (Å²) in [5, 5.41) is 20.1. The van der Waals surface area contributed by atoms with Crippen LogP contribution in [-0.2, 0) is 12.8 Å². The van der Waals surface area contributed by atoms with Crippen molar-refractivity contribution in [2.24, 2.45) is 0 Å². The zero-order chi connectivity index (χ0) is 19.6. The Hall–Kier alpha value is -3.36. The molecule has 1 saturated heterocycles. The van der Waals surface area contributed by atoms with Gasteiger partial charge in [0.1, 0.15) is 6.33 Å². The second kappa shape index (κ2) is 7.57. The van der Waals surface area contributed by atoms with Crippen LogP contribution < -0.4 is 4.90 Å². The Morgan fingerprint density at radius 1 is 0.966 bits per heavy atom. The predicted molar refractivity (Wildman–Crippen MR) is 106 cm³/mol. The van der Waals surface area contributed by atoms with E-state index in [2.05, 4.69) is 36.7 Å². The maximum atomic E-state index is 13.0. The van der Waals surface area contributed by atoms with E-state index in [9.17, 15) is 4.79 Å². The summed E-state index contributed by atoms with van der Waals surface area (Å²) in [5.41, 5.74) is 3.89. The molecule has 1 amide bonds. The molecule has 148 valence electrons. The third kappa shape index (κ3) is 3.55. The van der Waals surface area contributed by atoms with Gasteiger partial charge in [0.05, 0.1) is 11.4 Å². The standard InChI is InChI=1S/C20H22N8O/c29-20(16-5-3-6-17(12-16)28-14-21-24-25-28)27-10-8-26(9-11-27)19-13-15-4-1-2-7-18(15)22-23-19/h3,5-6,12-14H,1-2,4,7-11H2. The van der Waals surface area contributed by atoms with Crippen molar-refractivity contribution in [3.05, 3.63) is 53.5 Å². The van der Waals surface area contributed by atoms with Crippen molar-refractivity contribution in [3.8, 4) is 5.69 Å². The average Bonchev–Trinajstić information content (AvgIpc) is 3.34. The lowest BCUT2D eigenvalue weighted by Crippen LogP contribution is -2.49. The summed E-state index contributed by atoms with van der Waals surface area (Å²) in [6, 6.07) is 9.56. The number of aromatic nitrogens is 6. The molecule has 2 aromatic heterocycles. The van der Waals surface area contributed by atoms with Crippen molar-refractivity contribution in [1.29, 1.82) is 0 Å². The molecule has 0 spiro atoms. The molecular formula is C20H22N8O. The maximum absolute atomic E-state index is 13.0. The van der Waals surface area contributed by atoms with Gasteiger partial charge < -0.3 is 9.80 Å². The number of amides is 1. The van der Waals surface area contributed by atoms with Crippen LogP contribution in [0.25, 0.3) is 5.69 Å². The van der Waals surface area contributed by atoms with Crippen molar-refractivity contribution in [1.82, 2.24) is 35.3 Å². The van der Waals surface area contributed by atoms with E-state index < -0.39 is 0 Å². The molecule has 3 aromatic rings. The molecule has 1 aliphatic heterocycles. The quantitative estimate of drug-likeness (QED) is 0.665. The summed E-state index contributed by atoms with van der Waals surface area (Å²) in [4.78, 5) is 17.1. The maximum Gasteiger partial charge on any atom is 0.254 e. The van der Waals surface area contributed by atoms with Crippen molar-refractivity contribution in [2.45, 2.75) is 25.7 Å². The number of rotatable bonds is 3. The minimum atomic E-state index is 0.0242. The number of nitrogens with zero attached hydrogens (tertiary/aromatic N) is 8. The van der Waals surface area contributed by atoms with E-state index in [1.165, 1.54) is 24.7 Å². The number of fused-ring (bicyclic) bond motifs is 1. The highest BCUT2D eigenvalue weighted by Crippen LogP contribution is 2.23. The van der Waals surface area contributed by atoms with E-state index in [1.807, 2.05) is 29.2 Å². The number of hydrogen-bond donors (Lipinski definition) is 0. The van der Waals surface area contributed by atoms with Crippen LogP contribution in [0.2, 0.25) is 0 Å². The molecule has 5 rings (SSSR count). The lowest BCUT2D eigenvalue weighted by Gasteiger charge is -2.35. The van der Waals surface area contributed by atoms with Gasteiger partial charge in [0.2, 0.25) is 0 Å². The monoisotopic (exact) mass is 390 g/mol. The van der Waals surface area contributed by atoms with Gasteiger partial charge in [-0.05, 0) is 65.9 Å². The van der Waals surface area contributed by atoms with Gasteiger partial charge in [-0.25, -0.2) is 4.68 Å². The summed E-state index contributed by atoms with van der Waals surface area (Å²) < 4.78 is 1.55.